The monoisotopic (exact) mass is 345 g/mol. The summed E-state index contributed by atoms with van der Waals surface area (Å²) >= 11 is 0. The minimum Gasteiger partial charge on any atom is -0.399 e. The molecule has 3 rings (SSSR count). The molecule has 6 heteroatoms. The number of aliphatic hydroxyl groups is 1. The first-order valence-electron chi connectivity index (χ1n) is 8.98. The van der Waals surface area contributed by atoms with E-state index in [1.807, 2.05) is 52.0 Å². The third-order valence-corrected chi connectivity index (χ3v) is 6.01. The van der Waals surface area contributed by atoms with Crippen LogP contribution in [0.25, 0.3) is 0 Å². The van der Waals surface area contributed by atoms with Gasteiger partial charge in [0, 0.05) is 20.0 Å². The van der Waals surface area contributed by atoms with Crippen LogP contribution < -0.4 is 5.46 Å². The molecule has 0 saturated carbocycles. The SMILES string of the molecule is CC(=O)N1CCC(O)(c2ccc(B3OC(C)(C)C(C)(C)O3)cc2)CC1. The minimum absolute atomic E-state index is 0.0677. The van der Waals surface area contributed by atoms with Crippen molar-refractivity contribution < 1.29 is 19.2 Å². The number of rotatable bonds is 2. The molecule has 0 spiro atoms. The Balaban J connectivity index is 1.72. The third-order valence-electron chi connectivity index (χ3n) is 6.01. The van der Waals surface area contributed by atoms with E-state index in [0.717, 1.165) is 11.0 Å². The van der Waals surface area contributed by atoms with Crippen molar-refractivity contribution in [2.75, 3.05) is 13.1 Å². The summed E-state index contributed by atoms with van der Waals surface area (Å²) in [7, 11) is -0.395. The van der Waals surface area contributed by atoms with Crippen LogP contribution in [0.1, 0.15) is 53.0 Å². The highest BCUT2D eigenvalue weighted by Gasteiger charge is 2.51. The summed E-state index contributed by atoms with van der Waals surface area (Å²) < 4.78 is 12.1. The molecule has 2 heterocycles. The summed E-state index contributed by atoms with van der Waals surface area (Å²) in [5.41, 5.74) is 0.228. The molecule has 0 bridgehead atoms. The van der Waals surface area contributed by atoms with Gasteiger partial charge in [0.05, 0.1) is 16.8 Å². The zero-order valence-electron chi connectivity index (χ0n) is 15.8. The van der Waals surface area contributed by atoms with E-state index in [9.17, 15) is 9.90 Å². The van der Waals surface area contributed by atoms with Crippen molar-refractivity contribution >= 4 is 18.5 Å². The van der Waals surface area contributed by atoms with E-state index in [4.69, 9.17) is 9.31 Å². The second-order valence-electron chi connectivity index (χ2n) is 8.25. The third kappa shape index (κ3) is 3.35. The standard InChI is InChI=1S/C19H28BNO4/c1-14(22)21-12-10-19(23,11-13-21)15-6-8-16(9-7-15)20-24-17(2,3)18(4,5)25-20/h6-9,23H,10-13H2,1-5H3. The van der Waals surface area contributed by atoms with Crippen molar-refractivity contribution in [2.24, 2.45) is 0 Å². The van der Waals surface area contributed by atoms with Crippen molar-refractivity contribution in [2.45, 2.75) is 64.3 Å². The molecular weight excluding hydrogens is 317 g/mol. The number of hydrogen-bond donors (Lipinski definition) is 1. The van der Waals surface area contributed by atoms with Crippen LogP contribution in [0.15, 0.2) is 24.3 Å². The van der Waals surface area contributed by atoms with Gasteiger partial charge < -0.3 is 19.3 Å². The highest BCUT2D eigenvalue weighted by atomic mass is 16.7. The Morgan fingerprint density at radius 2 is 1.52 bits per heavy atom. The van der Waals surface area contributed by atoms with Gasteiger partial charge in [-0.25, -0.2) is 0 Å². The van der Waals surface area contributed by atoms with Gasteiger partial charge in [0.1, 0.15) is 0 Å². The number of nitrogens with zero attached hydrogens (tertiary/aromatic N) is 1. The zero-order valence-corrected chi connectivity index (χ0v) is 15.8. The van der Waals surface area contributed by atoms with Crippen LogP contribution in [0.2, 0.25) is 0 Å². The van der Waals surface area contributed by atoms with E-state index in [1.54, 1.807) is 11.8 Å². The maximum absolute atomic E-state index is 11.5. The molecular formula is C19H28BNO4. The van der Waals surface area contributed by atoms with Gasteiger partial charge in [-0.05, 0) is 51.6 Å². The van der Waals surface area contributed by atoms with Crippen molar-refractivity contribution in [3.8, 4) is 0 Å². The summed E-state index contributed by atoms with van der Waals surface area (Å²) in [5, 5.41) is 11.0. The topological polar surface area (TPSA) is 59.0 Å². The molecule has 2 aliphatic heterocycles. The molecule has 2 aliphatic rings. The van der Waals surface area contributed by atoms with Gasteiger partial charge in [-0.15, -0.1) is 0 Å². The molecule has 5 nitrogen and oxygen atoms in total. The van der Waals surface area contributed by atoms with Gasteiger partial charge in [0.2, 0.25) is 5.91 Å². The predicted octanol–water partition coefficient (Wildman–Crippen LogP) is 1.82. The fraction of sp³-hybridized carbons (Fsp3) is 0.632. The number of hydrogen-bond acceptors (Lipinski definition) is 4. The summed E-state index contributed by atoms with van der Waals surface area (Å²) in [6.45, 7) is 10.9. The van der Waals surface area contributed by atoms with Crippen LogP contribution in [0.4, 0.5) is 0 Å². The fourth-order valence-corrected chi connectivity index (χ4v) is 3.41. The number of piperidine rings is 1. The Morgan fingerprint density at radius 1 is 1.04 bits per heavy atom. The minimum atomic E-state index is -0.875. The van der Waals surface area contributed by atoms with Crippen molar-refractivity contribution in [3.63, 3.8) is 0 Å². The Labute approximate surface area is 150 Å². The van der Waals surface area contributed by atoms with Crippen molar-refractivity contribution in [1.29, 1.82) is 0 Å². The molecule has 1 aromatic carbocycles. The molecule has 1 amide bonds. The molecule has 136 valence electrons. The Kier molecular flexibility index (Phi) is 4.50. The summed E-state index contributed by atoms with van der Waals surface area (Å²) in [5.74, 6) is 0.0677. The van der Waals surface area contributed by atoms with E-state index < -0.39 is 12.7 Å². The predicted molar refractivity (Wildman–Crippen MR) is 97.5 cm³/mol. The highest BCUT2D eigenvalue weighted by Crippen LogP contribution is 2.37. The van der Waals surface area contributed by atoms with Crippen LogP contribution in [0.5, 0.6) is 0 Å². The number of carbonyl (C=O) groups is 1. The molecule has 0 unspecified atom stereocenters. The maximum atomic E-state index is 11.5. The van der Waals surface area contributed by atoms with Gasteiger partial charge >= 0.3 is 7.12 Å². The number of amides is 1. The quantitative estimate of drug-likeness (QED) is 0.831. The van der Waals surface area contributed by atoms with Gasteiger partial charge in [-0.1, -0.05) is 24.3 Å². The van der Waals surface area contributed by atoms with Crippen molar-refractivity contribution in [1.82, 2.24) is 4.90 Å². The lowest BCUT2D eigenvalue weighted by Gasteiger charge is -2.38. The lowest BCUT2D eigenvalue weighted by atomic mass is 9.76. The van der Waals surface area contributed by atoms with Gasteiger partial charge in [0.25, 0.3) is 0 Å². The highest BCUT2D eigenvalue weighted by molar-refractivity contribution is 6.62. The molecule has 1 aromatic rings. The average molecular weight is 345 g/mol. The summed E-state index contributed by atoms with van der Waals surface area (Å²) in [6.07, 6.45) is 1.12. The van der Waals surface area contributed by atoms with Crippen LogP contribution in [0, 0.1) is 0 Å². The second-order valence-corrected chi connectivity index (χ2v) is 8.25. The van der Waals surface area contributed by atoms with Crippen LogP contribution in [0.3, 0.4) is 0 Å². The van der Waals surface area contributed by atoms with Gasteiger partial charge in [0.15, 0.2) is 0 Å². The summed E-state index contributed by atoms with van der Waals surface area (Å²) in [6, 6.07) is 7.83. The number of likely N-dealkylation sites (tertiary alicyclic amines) is 1. The Morgan fingerprint density at radius 3 is 1.96 bits per heavy atom. The second kappa shape index (κ2) is 6.11. The van der Waals surface area contributed by atoms with Gasteiger partial charge in [-0.3, -0.25) is 4.79 Å². The lowest BCUT2D eigenvalue weighted by molar-refractivity contribution is -0.133. The molecule has 0 aliphatic carbocycles. The number of carbonyl (C=O) groups excluding carboxylic acids is 1. The summed E-state index contributed by atoms with van der Waals surface area (Å²) in [4.78, 5) is 13.2. The number of benzene rings is 1. The molecule has 0 aromatic heterocycles. The first-order valence-corrected chi connectivity index (χ1v) is 8.98. The fourth-order valence-electron chi connectivity index (χ4n) is 3.41. The van der Waals surface area contributed by atoms with Gasteiger partial charge in [-0.2, -0.15) is 0 Å². The molecule has 0 atom stereocenters. The van der Waals surface area contributed by atoms with E-state index in [1.165, 1.54) is 0 Å². The van der Waals surface area contributed by atoms with Crippen LogP contribution in [-0.2, 0) is 19.7 Å². The first-order chi connectivity index (χ1) is 11.5. The van der Waals surface area contributed by atoms with Crippen molar-refractivity contribution in [3.05, 3.63) is 29.8 Å². The lowest BCUT2D eigenvalue weighted by Crippen LogP contribution is -2.44. The van der Waals surface area contributed by atoms with Crippen LogP contribution in [-0.4, -0.2) is 47.3 Å². The largest absolute Gasteiger partial charge is 0.494 e. The molecule has 1 N–H and O–H groups in total. The molecule has 2 saturated heterocycles. The van der Waals surface area contributed by atoms with E-state index in [0.29, 0.717) is 25.9 Å². The Hall–Kier alpha value is -1.37. The smallest absolute Gasteiger partial charge is 0.399 e. The zero-order chi connectivity index (χ0) is 18.5. The van der Waals surface area contributed by atoms with E-state index in [-0.39, 0.29) is 17.1 Å². The molecule has 25 heavy (non-hydrogen) atoms. The first kappa shape index (κ1) is 18.4. The van der Waals surface area contributed by atoms with Crippen LogP contribution >= 0.6 is 0 Å². The Bertz CT molecular complexity index is 632. The molecule has 2 fully saturated rings. The van der Waals surface area contributed by atoms with E-state index in [2.05, 4.69) is 0 Å². The van der Waals surface area contributed by atoms with E-state index >= 15 is 0 Å². The maximum Gasteiger partial charge on any atom is 0.494 e. The average Bonchev–Trinajstić information content (AvgIpc) is 2.76. The normalized spacial score (nSPS) is 24.4. The molecule has 0 radical (unpaired) electrons.